The first kappa shape index (κ1) is 15.5. The van der Waals surface area contributed by atoms with Crippen molar-refractivity contribution in [3.63, 3.8) is 0 Å². The smallest absolute Gasteiger partial charge is 0.145 e. The average molecular weight is 198 g/mol. The monoisotopic (exact) mass is 198 g/mol. The van der Waals surface area contributed by atoms with Crippen molar-refractivity contribution in [1.82, 2.24) is 0 Å². The summed E-state index contributed by atoms with van der Waals surface area (Å²) in [5.41, 5.74) is 0.962. The minimum atomic E-state index is 0.639. The Kier molecular flexibility index (Phi) is 16.2. The van der Waals surface area contributed by atoms with Crippen LogP contribution in [0.2, 0.25) is 0 Å². The van der Waals surface area contributed by atoms with Crippen LogP contribution in [0.4, 0.5) is 0 Å². The topological polar surface area (TPSA) is 34.1 Å². The maximum absolute atomic E-state index is 10.3. The summed E-state index contributed by atoms with van der Waals surface area (Å²) >= 11 is 0. The van der Waals surface area contributed by atoms with Crippen LogP contribution in [-0.2, 0) is 9.59 Å². The summed E-state index contributed by atoms with van der Waals surface area (Å²) < 4.78 is 0. The number of carbonyl (C=O) groups is 2. The standard InChI is InChI=1S/C9H16O.C3H6O/c1-3-5-7-9(8-10)6-4-2;1-2-3-4/h7-8H,3-6H2,1-2H3;3H,2H2,1H3. The SMILES string of the molecule is CCC=O.CCCC=C(C=O)CCC. The number of allylic oxidation sites excluding steroid dienone is 2. The first-order chi connectivity index (χ1) is 6.76. The van der Waals surface area contributed by atoms with E-state index in [9.17, 15) is 9.59 Å². The molecule has 0 fully saturated rings. The van der Waals surface area contributed by atoms with Crippen LogP contribution in [0.25, 0.3) is 0 Å². The van der Waals surface area contributed by atoms with Gasteiger partial charge in [-0.25, -0.2) is 0 Å². The Bertz CT molecular complexity index is 160. The molecule has 0 aromatic carbocycles. The van der Waals surface area contributed by atoms with Gasteiger partial charge < -0.3 is 4.79 Å². The van der Waals surface area contributed by atoms with Crippen LogP contribution in [0.5, 0.6) is 0 Å². The fraction of sp³-hybridized carbons (Fsp3) is 0.667. The van der Waals surface area contributed by atoms with Crippen LogP contribution in [0.15, 0.2) is 11.6 Å². The molecule has 0 rings (SSSR count). The summed E-state index contributed by atoms with van der Waals surface area (Å²) in [6, 6.07) is 0. The molecule has 0 aliphatic rings. The zero-order chi connectivity index (χ0) is 11.2. The molecule has 0 saturated carbocycles. The molecule has 2 heteroatoms. The number of carbonyl (C=O) groups excluding carboxylic acids is 2. The lowest BCUT2D eigenvalue weighted by atomic mass is 10.1. The Labute approximate surface area is 87.4 Å². The fourth-order valence-electron chi connectivity index (χ4n) is 0.828. The molecule has 0 N–H and O–H groups in total. The Morgan fingerprint density at radius 1 is 1.07 bits per heavy atom. The van der Waals surface area contributed by atoms with Crippen LogP contribution in [0, 0.1) is 0 Å². The molecule has 0 saturated heterocycles. The molecule has 0 heterocycles. The van der Waals surface area contributed by atoms with Gasteiger partial charge in [-0.1, -0.05) is 39.7 Å². The van der Waals surface area contributed by atoms with Gasteiger partial charge in [0.2, 0.25) is 0 Å². The molecule has 2 nitrogen and oxygen atoms in total. The van der Waals surface area contributed by atoms with Crippen molar-refractivity contribution in [3.05, 3.63) is 11.6 Å². The van der Waals surface area contributed by atoms with Gasteiger partial charge in [-0.05, 0) is 18.4 Å². The molecule has 0 radical (unpaired) electrons. The van der Waals surface area contributed by atoms with Gasteiger partial charge in [0.05, 0.1) is 0 Å². The molecule has 0 atom stereocenters. The second kappa shape index (κ2) is 14.6. The number of hydrogen-bond acceptors (Lipinski definition) is 2. The lowest BCUT2D eigenvalue weighted by Gasteiger charge is -1.93. The van der Waals surface area contributed by atoms with Gasteiger partial charge in [-0.15, -0.1) is 0 Å². The van der Waals surface area contributed by atoms with Crippen molar-refractivity contribution >= 4 is 12.6 Å². The lowest BCUT2D eigenvalue weighted by molar-refractivity contribution is -0.107. The second-order valence-corrected chi connectivity index (χ2v) is 3.01. The Hall–Kier alpha value is -0.920. The van der Waals surface area contributed by atoms with Gasteiger partial charge in [-0.3, -0.25) is 4.79 Å². The summed E-state index contributed by atoms with van der Waals surface area (Å²) in [4.78, 5) is 19.5. The maximum atomic E-state index is 10.3. The summed E-state index contributed by atoms with van der Waals surface area (Å²) in [6.45, 7) is 6.02. The normalized spacial score (nSPS) is 10.1. The molecule has 0 amide bonds. The predicted octanol–water partition coefficient (Wildman–Crippen LogP) is 3.31. The minimum absolute atomic E-state index is 0.639. The van der Waals surface area contributed by atoms with Crippen molar-refractivity contribution in [2.75, 3.05) is 0 Å². The molecule has 82 valence electrons. The zero-order valence-corrected chi connectivity index (χ0v) is 9.58. The van der Waals surface area contributed by atoms with Crippen molar-refractivity contribution in [2.24, 2.45) is 0 Å². The largest absolute Gasteiger partial charge is 0.303 e. The molecule has 0 aliphatic carbocycles. The summed E-state index contributed by atoms with van der Waals surface area (Å²) in [7, 11) is 0. The Balaban J connectivity index is 0. The molecule has 14 heavy (non-hydrogen) atoms. The molecular weight excluding hydrogens is 176 g/mol. The van der Waals surface area contributed by atoms with Gasteiger partial charge in [0, 0.05) is 6.42 Å². The van der Waals surface area contributed by atoms with E-state index in [-0.39, 0.29) is 0 Å². The predicted molar refractivity (Wildman–Crippen MR) is 60.3 cm³/mol. The van der Waals surface area contributed by atoms with Gasteiger partial charge in [0.1, 0.15) is 12.6 Å². The zero-order valence-electron chi connectivity index (χ0n) is 9.58. The van der Waals surface area contributed by atoms with Gasteiger partial charge in [0.15, 0.2) is 0 Å². The van der Waals surface area contributed by atoms with E-state index in [1.54, 1.807) is 0 Å². The molecule has 0 spiro atoms. The quantitative estimate of drug-likeness (QED) is 0.484. The van der Waals surface area contributed by atoms with E-state index in [0.29, 0.717) is 6.42 Å². The van der Waals surface area contributed by atoms with Gasteiger partial charge >= 0.3 is 0 Å². The summed E-state index contributed by atoms with van der Waals surface area (Å²) in [5, 5.41) is 0. The molecule has 0 aromatic rings. The summed E-state index contributed by atoms with van der Waals surface area (Å²) in [6.07, 6.45) is 8.68. The number of hydrogen-bond donors (Lipinski definition) is 0. The highest BCUT2D eigenvalue weighted by molar-refractivity contribution is 5.72. The lowest BCUT2D eigenvalue weighted by Crippen LogP contribution is -1.83. The van der Waals surface area contributed by atoms with Crippen molar-refractivity contribution in [1.29, 1.82) is 0 Å². The Morgan fingerprint density at radius 3 is 1.93 bits per heavy atom. The molecule has 0 unspecified atom stereocenters. The van der Waals surface area contributed by atoms with E-state index in [2.05, 4.69) is 13.8 Å². The molecule has 0 aromatic heterocycles. The van der Waals surface area contributed by atoms with Gasteiger partial charge in [-0.2, -0.15) is 0 Å². The highest BCUT2D eigenvalue weighted by Gasteiger charge is 1.90. The van der Waals surface area contributed by atoms with E-state index in [0.717, 1.165) is 43.8 Å². The number of unbranched alkanes of at least 4 members (excludes halogenated alkanes) is 1. The van der Waals surface area contributed by atoms with Crippen LogP contribution in [-0.4, -0.2) is 12.6 Å². The van der Waals surface area contributed by atoms with Crippen molar-refractivity contribution in [3.8, 4) is 0 Å². The molecule has 0 aliphatic heterocycles. The summed E-state index contributed by atoms with van der Waals surface area (Å²) in [5.74, 6) is 0. The van der Waals surface area contributed by atoms with E-state index in [1.165, 1.54) is 0 Å². The van der Waals surface area contributed by atoms with Crippen LogP contribution in [0.1, 0.15) is 52.9 Å². The second-order valence-electron chi connectivity index (χ2n) is 3.01. The van der Waals surface area contributed by atoms with Gasteiger partial charge in [0.25, 0.3) is 0 Å². The van der Waals surface area contributed by atoms with E-state index in [4.69, 9.17) is 0 Å². The first-order valence-electron chi connectivity index (χ1n) is 5.34. The number of aldehydes is 2. The number of rotatable bonds is 6. The molecule has 0 bridgehead atoms. The maximum Gasteiger partial charge on any atom is 0.145 e. The minimum Gasteiger partial charge on any atom is -0.303 e. The third-order valence-corrected chi connectivity index (χ3v) is 1.55. The highest BCUT2D eigenvalue weighted by Crippen LogP contribution is 2.03. The van der Waals surface area contributed by atoms with E-state index >= 15 is 0 Å². The first-order valence-corrected chi connectivity index (χ1v) is 5.34. The van der Waals surface area contributed by atoms with Crippen molar-refractivity contribution < 1.29 is 9.59 Å². The fourth-order valence-corrected chi connectivity index (χ4v) is 0.828. The highest BCUT2D eigenvalue weighted by atomic mass is 16.1. The Morgan fingerprint density at radius 2 is 1.64 bits per heavy atom. The van der Waals surface area contributed by atoms with E-state index in [1.807, 2.05) is 13.0 Å². The van der Waals surface area contributed by atoms with Crippen molar-refractivity contribution in [2.45, 2.75) is 52.9 Å². The van der Waals surface area contributed by atoms with Crippen LogP contribution < -0.4 is 0 Å². The van der Waals surface area contributed by atoms with Crippen LogP contribution >= 0.6 is 0 Å². The third kappa shape index (κ3) is 13.7. The average Bonchev–Trinajstić information content (AvgIpc) is 2.24. The molecular formula is C12H22O2. The third-order valence-electron chi connectivity index (χ3n) is 1.55. The van der Waals surface area contributed by atoms with E-state index < -0.39 is 0 Å². The van der Waals surface area contributed by atoms with Crippen LogP contribution in [0.3, 0.4) is 0 Å².